The molecule has 0 aromatic heterocycles. The lowest BCUT2D eigenvalue weighted by atomic mass is 10.0. The van der Waals surface area contributed by atoms with Crippen molar-refractivity contribution < 1.29 is 14.0 Å². The Hall–Kier alpha value is -1.43. The highest BCUT2D eigenvalue weighted by Gasteiger charge is 2.25. The van der Waals surface area contributed by atoms with Crippen LogP contribution in [0.2, 0.25) is 0 Å². The quantitative estimate of drug-likeness (QED) is 0.896. The van der Waals surface area contributed by atoms with Gasteiger partial charge < -0.3 is 10.2 Å². The van der Waals surface area contributed by atoms with Gasteiger partial charge in [-0.2, -0.15) is 0 Å². The van der Waals surface area contributed by atoms with E-state index in [4.69, 9.17) is 0 Å². The maximum atomic E-state index is 13.7. The van der Waals surface area contributed by atoms with E-state index in [0.29, 0.717) is 30.4 Å². The molecule has 0 bridgehead atoms. The Kier molecular flexibility index (Phi) is 4.75. The Morgan fingerprint density at radius 1 is 1.35 bits per heavy atom. The maximum Gasteiger partial charge on any atom is 0.256 e. The van der Waals surface area contributed by atoms with Gasteiger partial charge in [-0.15, -0.1) is 0 Å². The van der Waals surface area contributed by atoms with E-state index >= 15 is 0 Å². The zero-order valence-electron chi connectivity index (χ0n) is 11.2. The largest absolute Gasteiger partial charge is 0.353 e. The number of hydrogen-bond acceptors (Lipinski definition) is 2. The van der Waals surface area contributed by atoms with Gasteiger partial charge >= 0.3 is 0 Å². The highest BCUT2D eigenvalue weighted by molar-refractivity contribution is 9.10. The van der Waals surface area contributed by atoms with E-state index < -0.39 is 5.82 Å². The summed E-state index contributed by atoms with van der Waals surface area (Å²) in [6.45, 7) is 2.53. The fraction of sp³-hybridized carbons (Fsp3) is 0.429. The monoisotopic (exact) mass is 342 g/mol. The van der Waals surface area contributed by atoms with Crippen molar-refractivity contribution in [2.24, 2.45) is 0 Å². The number of benzene rings is 1. The minimum absolute atomic E-state index is 0.0622. The molecule has 1 saturated heterocycles. The van der Waals surface area contributed by atoms with Crippen LogP contribution in [0.3, 0.4) is 0 Å². The Labute approximate surface area is 125 Å². The molecule has 0 aliphatic carbocycles. The molecule has 20 heavy (non-hydrogen) atoms. The average molecular weight is 343 g/mol. The van der Waals surface area contributed by atoms with Crippen LogP contribution < -0.4 is 5.32 Å². The lowest BCUT2D eigenvalue weighted by molar-refractivity contribution is -0.119. The van der Waals surface area contributed by atoms with Crippen molar-refractivity contribution in [2.75, 3.05) is 13.1 Å². The maximum absolute atomic E-state index is 13.7. The summed E-state index contributed by atoms with van der Waals surface area (Å²) in [5, 5.41) is 2.84. The van der Waals surface area contributed by atoms with Gasteiger partial charge in [0.2, 0.25) is 5.91 Å². The molecule has 1 aromatic rings. The van der Waals surface area contributed by atoms with Crippen LogP contribution in [-0.4, -0.2) is 35.8 Å². The number of nitrogens with one attached hydrogen (secondary N) is 1. The Morgan fingerprint density at radius 3 is 2.60 bits per heavy atom. The summed E-state index contributed by atoms with van der Waals surface area (Å²) in [6, 6.07) is 4.44. The molecule has 1 fully saturated rings. The van der Waals surface area contributed by atoms with Crippen LogP contribution in [0.5, 0.6) is 0 Å². The van der Waals surface area contributed by atoms with Crippen molar-refractivity contribution in [3.8, 4) is 0 Å². The number of carbonyl (C=O) groups excluding carboxylic acids is 2. The zero-order valence-corrected chi connectivity index (χ0v) is 12.7. The second-order valence-electron chi connectivity index (χ2n) is 4.89. The molecule has 1 aromatic carbocycles. The molecule has 0 saturated carbocycles. The number of hydrogen-bond donors (Lipinski definition) is 1. The van der Waals surface area contributed by atoms with E-state index in [1.807, 2.05) is 0 Å². The van der Waals surface area contributed by atoms with Gasteiger partial charge in [0.1, 0.15) is 5.82 Å². The molecule has 0 unspecified atom stereocenters. The predicted molar refractivity (Wildman–Crippen MR) is 76.8 cm³/mol. The van der Waals surface area contributed by atoms with E-state index in [-0.39, 0.29) is 23.4 Å². The SMILES string of the molecule is CC(=O)NC1CCN(C(=O)c2cc(Br)ccc2F)CC1. The van der Waals surface area contributed by atoms with E-state index in [9.17, 15) is 14.0 Å². The molecule has 0 atom stereocenters. The Morgan fingerprint density at radius 2 is 2.00 bits per heavy atom. The Bertz CT molecular complexity index is 528. The molecule has 1 N–H and O–H groups in total. The van der Waals surface area contributed by atoms with Gasteiger partial charge in [-0.05, 0) is 31.0 Å². The van der Waals surface area contributed by atoms with Gasteiger partial charge in [-0.25, -0.2) is 4.39 Å². The third kappa shape index (κ3) is 3.56. The molecular weight excluding hydrogens is 327 g/mol. The highest BCUT2D eigenvalue weighted by atomic mass is 79.9. The molecule has 1 aliphatic rings. The molecule has 1 heterocycles. The molecule has 1 aliphatic heterocycles. The summed E-state index contributed by atoms with van der Waals surface area (Å²) >= 11 is 3.24. The van der Waals surface area contributed by atoms with Crippen LogP contribution in [0, 0.1) is 5.82 Å². The standard InChI is InChI=1S/C14H16BrFN2O2/c1-9(19)17-11-4-6-18(7-5-11)14(20)12-8-10(15)2-3-13(12)16/h2-3,8,11H,4-7H2,1H3,(H,17,19). The molecule has 4 nitrogen and oxygen atoms in total. The fourth-order valence-corrected chi connectivity index (χ4v) is 2.71. The van der Waals surface area contributed by atoms with Crippen molar-refractivity contribution in [1.82, 2.24) is 10.2 Å². The fourth-order valence-electron chi connectivity index (χ4n) is 2.35. The zero-order chi connectivity index (χ0) is 14.7. The number of likely N-dealkylation sites (tertiary alicyclic amines) is 1. The smallest absolute Gasteiger partial charge is 0.256 e. The van der Waals surface area contributed by atoms with Crippen molar-refractivity contribution in [3.63, 3.8) is 0 Å². The van der Waals surface area contributed by atoms with E-state index in [0.717, 1.165) is 0 Å². The molecule has 108 valence electrons. The first kappa shape index (κ1) is 15.0. The lowest BCUT2D eigenvalue weighted by Gasteiger charge is -2.32. The van der Waals surface area contributed by atoms with Crippen LogP contribution >= 0.6 is 15.9 Å². The molecule has 2 rings (SSSR count). The minimum atomic E-state index is -0.512. The van der Waals surface area contributed by atoms with Crippen molar-refractivity contribution in [1.29, 1.82) is 0 Å². The average Bonchev–Trinajstić information content (AvgIpc) is 2.41. The normalized spacial score (nSPS) is 16.1. The van der Waals surface area contributed by atoms with Crippen LogP contribution in [0.4, 0.5) is 4.39 Å². The number of carbonyl (C=O) groups is 2. The van der Waals surface area contributed by atoms with Crippen LogP contribution in [0.25, 0.3) is 0 Å². The summed E-state index contributed by atoms with van der Waals surface area (Å²) in [4.78, 5) is 24.9. The molecule has 6 heteroatoms. The predicted octanol–water partition coefficient (Wildman–Crippen LogP) is 2.33. The highest BCUT2D eigenvalue weighted by Crippen LogP contribution is 2.19. The summed E-state index contributed by atoms with van der Waals surface area (Å²) < 4.78 is 14.4. The van der Waals surface area contributed by atoms with E-state index in [2.05, 4.69) is 21.2 Å². The van der Waals surface area contributed by atoms with Gasteiger partial charge in [-0.1, -0.05) is 15.9 Å². The van der Waals surface area contributed by atoms with Gasteiger partial charge in [-0.3, -0.25) is 9.59 Å². The second kappa shape index (κ2) is 6.35. The topological polar surface area (TPSA) is 49.4 Å². The van der Waals surface area contributed by atoms with E-state index in [1.54, 1.807) is 11.0 Å². The lowest BCUT2D eigenvalue weighted by Crippen LogP contribution is -2.46. The summed E-state index contributed by atoms with van der Waals surface area (Å²) in [6.07, 6.45) is 1.39. The van der Waals surface area contributed by atoms with Crippen molar-refractivity contribution >= 4 is 27.7 Å². The summed E-state index contributed by atoms with van der Waals surface area (Å²) in [5.74, 6) is -0.875. The number of piperidine rings is 1. The first-order valence-corrected chi connectivity index (χ1v) is 7.28. The third-order valence-electron chi connectivity index (χ3n) is 3.35. The molecule has 0 spiro atoms. The van der Waals surface area contributed by atoms with Gasteiger partial charge in [0.05, 0.1) is 5.56 Å². The number of halogens is 2. The molecule has 2 amide bonds. The third-order valence-corrected chi connectivity index (χ3v) is 3.84. The Balaban J connectivity index is 2.01. The summed E-state index contributed by atoms with van der Waals surface area (Å²) in [5.41, 5.74) is 0.0809. The van der Waals surface area contributed by atoms with E-state index in [1.165, 1.54) is 19.1 Å². The molecule has 0 radical (unpaired) electrons. The van der Waals surface area contributed by atoms with Crippen LogP contribution in [0.1, 0.15) is 30.1 Å². The van der Waals surface area contributed by atoms with Crippen LogP contribution in [0.15, 0.2) is 22.7 Å². The summed E-state index contributed by atoms with van der Waals surface area (Å²) in [7, 11) is 0. The number of amides is 2. The first-order chi connectivity index (χ1) is 9.47. The number of nitrogens with zero attached hydrogens (tertiary/aromatic N) is 1. The minimum Gasteiger partial charge on any atom is -0.353 e. The molecular formula is C14H16BrFN2O2. The van der Waals surface area contributed by atoms with Crippen molar-refractivity contribution in [2.45, 2.75) is 25.8 Å². The number of rotatable bonds is 2. The van der Waals surface area contributed by atoms with Crippen molar-refractivity contribution in [3.05, 3.63) is 34.1 Å². The van der Waals surface area contributed by atoms with Crippen LogP contribution in [-0.2, 0) is 4.79 Å². The second-order valence-corrected chi connectivity index (χ2v) is 5.81. The van der Waals surface area contributed by atoms with Gasteiger partial charge in [0, 0.05) is 30.5 Å². The first-order valence-electron chi connectivity index (χ1n) is 6.49. The van der Waals surface area contributed by atoms with Gasteiger partial charge in [0.25, 0.3) is 5.91 Å². The van der Waals surface area contributed by atoms with Gasteiger partial charge in [0.15, 0.2) is 0 Å².